The van der Waals surface area contributed by atoms with Crippen molar-refractivity contribution in [2.45, 2.75) is 19.8 Å². The van der Waals surface area contributed by atoms with Gasteiger partial charge in [0.25, 0.3) is 5.91 Å². The Labute approximate surface area is 154 Å². The number of nitrogens with one attached hydrogen (secondary N) is 1. The van der Waals surface area contributed by atoms with Crippen molar-refractivity contribution in [2.75, 3.05) is 32.7 Å². The van der Waals surface area contributed by atoms with E-state index < -0.39 is 0 Å². The average Bonchev–Trinajstić information content (AvgIpc) is 3.10. The Morgan fingerprint density at radius 3 is 2.31 bits per heavy atom. The first-order chi connectivity index (χ1) is 12.7. The molecule has 0 spiro atoms. The molecule has 26 heavy (non-hydrogen) atoms. The van der Waals surface area contributed by atoms with Gasteiger partial charge < -0.3 is 19.7 Å². The minimum atomic E-state index is -0.0303. The minimum Gasteiger partial charge on any atom is -0.338 e. The summed E-state index contributed by atoms with van der Waals surface area (Å²) < 4.78 is 2.01. The quantitative estimate of drug-likeness (QED) is 0.918. The molecular formula is C20H26N4O2. The molecule has 6 nitrogen and oxygen atoms in total. The molecule has 0 aliphatic carbocycles. The van der Waals surface area contributed by atoms with E-state index in [2.05, 4.69) is 5.32 Å². The fraction of sp³-hybridized carbons (Fsp3) is 0.400. The fourth-order valence-electron chi connectivity index (χ4n) is 3.13. The number of amides is 3. The summed E-state index contributed by atoms with van der Waals surface area (Å²) in [4.78, 5) is 28.6. The maximum atomic E-state index is 12.8. The lowest BCUT2D eigenvalue weighted by Gasteiger charge is -2.22. The number of nitrogens with zero attached hydrogens (tertiary/aromatic N) is 3. The molecule has 6 heteroatoms. The SMILES string of the molecule is CCCNC(=O)N1CCCN(C(=O)c2ccc(-n3cccc3)cc2)CC1. The monoisotopic (exact) mass is 354 g/mol. The summed E-state index contributed by atoms with van der Waals surface area (Å²) in [5, 5.41) is 2.91. The van der Waals surface area contributed by atoms with Gasteiger partial charge in [0.15, 0.2) is 0 Å². The first-order valence-electron chi connectivity index (χ1n) is 9.24. The first kappa shape index (κ1) is 18.0. The zero-order valence-electron chi connectivity index (χ0n) is 15.2. The van der Waals surface area contributed by atoms with Crippen molar-refractivity contribution in [3.05, 3.63) is 54.4 Å². The average molecular weight is 354 g/mol. The van der Waals surface area contributed by atoms with Gasteiger partial charge in [0.1, 0.15) is 0 Å². The molecule has 2 aromatic rings. The van der Waals surface area contributed by atoms with E-state index in [0.717, 1.165) is 18.5 Å². The summed E-state index contributed by atoms with van der Waals surface area (Å²) in [6, 6.07) is 11.6. The van der Waals surface area contributed by atoms with Gasteiger partial charge in [-0.2, -0.15) is 0 Å². The molecule has 0 unspecified atom stereocenters. The van der Waals surface area contributed by atoms with Crippen LogP contribution in [0, 0.1) is 0 Å². The molecular weight excluding hydrogens is 328 g/mol. The zero-order chi connectivity index (χ0) is 18.4. The summed E-state index contributed by atoms with van der Waals surface area (Å²) in [6.45, 7) is 5.22. The van der Waals surface area contributed by atoms with Crippen molar-refractivity contribution < 1.29 is 9.59 Å². The van der Waals surface area contributed by atoms with Crippen LogP contribution in [-0.4, -0.2) is 59.0 Å². The second kappa shape index (κ2) is 8.56. The molecule has 3 amide bonds. The van der Waals surface area contributed by atoms with Crippen molar-refractivity contribution >= 4 is 11.9 Å². The molecule has 138 valence electrons. The third-order valence-electron chi connectivity index (χ3n) is 4.61. The van der Waals surface area contributed by atoms with E-state index in [4.69, 9.17) is 0 Å². The number of benzene rings is 1. The summed E-state index contributed by atoms with van der Waals surface area (Å²) >= 11 is 0. The van der Waals surface area contributed by atoms with Crippen LogP contribution in [0.4, 0.5) is 4.79 Å². The Bertz CT molecular complexity index is 725. The summed E-state index contributed by atoms with van der Waals surface area (Å²) in [5.41, 5.74) is 1.71. The van der Waals surface area contributed by atoms with E-state index in [9.17, 15) is 9.59 Å². The maximum absolute atomic E-state index is 12.8. The van der Waals surface area contributed by atoms with Gasteiger partial charge in [-0.25, -0.2) is 4.79 Å². The van der Waals surface area contributed by atoms with Crippen LogP contribution in [0.15, 0.2) is 48.8 Å². The van der Waals surface area contributed by atoms with Crippen molar-refractivity contribution in [1.82, 2.24) is 19.7 Å². The smallest absolute Gasteiger partial charge is 0.317 e. The summed E-state index contributed by atoms with van der Waals surface area (Å²) in [7, 11) is 0. The lowest BCUT2D eigenvalue weighted by atomic mass is 10.1. The van der Waals surface area contributed by atoms with E-state index in [1.165, 1.54) is 0 Å². The number of hydrogen-bond acceptors (Lipinski definition) is 2. The van der Waals surface area contributed by atoms with Crippen LogP contribution >= 0.6 is 0 Å². The Balaban J connectivity index is 1.60. The van der Waals surface area contributed by atoms with Gasteiger partial charge in [-0.05, 0) is 49.2 Å². The third-order valence-corrected chi connectivity index (χ3v) is 4.61. The van der Waals surface area contributed by atoms with Crippen LogP contribution in [0.5, 0.6) is 0 Å². The number of rotatable bonds is 4. The largest absolute Gasteiger partial charge is 0.338 e. The molecule has 1 N–H and O–H groups in total. The normalized spacial score (nSPS) is 14.8. The van der Waals surface area contributed by atoms with Crippen LogP contribution in [0.1, 0.15) is 30.1 Å². The lowest BCUT2D eigenvalue weighted by molar-refractivity contribution is 0.0762. The molecule has 3 rings (SSSR count). The van der Waals surface area contributed by atoms with Gasteiger partial charge in [-0.3, -0.25) is 4.79 Å². The number of urea groups is 1. The van der Waals surface area contributed by atoms with Crippen molar-refractivity contribution in [1.29, 1.82) is 0 Å². The van der Waals surface area contributed by atoms with Gasteiger partial charge in [-0.15, -0.1) is 0 Å². The molecule has 0 bridgehead atoms. The van der Waals surface area contributed by atoms with E-state index in [-0.39, 0.29) is 11.9 Å². The van der Waals surface area contributed by atoms with Gasteiger partial charge in [0.05, 0.1) is 0 Å². The molecule has 0 radical (unpaired) electrons. The lowest BCUT2D eigenvalue weighted by Crippen LogP contribution is -2.42. The van der Waals surface area contributed by atoms with Gasteiger partial charge in [0, 0.05) is 56.4 Å². The predicted octanol–water partition coefficient (Wildman–Crippen LogP) is 2.74. The van der Waals surface area contributed by atoms with Crippen molar-refractivity contribution in [3.8, 4) is 5.69 Å². The molecule has 1 aromatic carbocycles. The molecule has 1 aliphatic rings. The number of carbonyl (C=O) groups excluding carboxylic acids is 2. The highest BCUT2D eigenvalue weighted by molar-refractivity contribution is 5.94. The van der Waals surface area contributed by atoms with Crippen LogP contribution < -0.4 is 5.32 Å². The highest BCUT2D eigenvalue weighted by Gasteiger charge is 2.22. The number of carbonyl (C=O) groups is 2. The standard InChI is InChI=1S/C20H26N4O2/c1-2-10-21-20(26)24-14-5-13-23(15-16-24)19(25)17-6-8-18(9-7-17)22-11-3-4-12-22/h3-4,6-9,11-12H,2,5,10,13-16H2,1H3,(H,21,26). The summed E-state index contributed by atoms with van der Waals surface area (Å²) in [6.07, 6.45) is 5.67. The maximum Gasteiger partial charge on any atom is 0.317 e. The molecule has 1 aromatic heterocycles. The van der Waals surface area contributed by atoms with Crippen LogP contribution in [0.2, 0.25) is 0 Å². The fourth-order valence-corrected chi connectivity index (χ4v) is 3.13. The second-order valence-corrected chi connectivity index (χ2v) is 6.50. The molecule has 0 saturated carbocycles. The van der Waals surface area contributed by atoms with Crippen LogP contribution in [-0.2, 0) is 0 Å². The van der Waals surface area contributed by atoms with Gasteiger partial charge in [-0.1, -0.05) is 6.92 Å². The van der Waals surface area contributed by atoms with Crippen LogP contribution in [0.3, 0.4) is 0 Å². The van der Waals surface area contributed by atoms with E-state index in [1.807, 2.05) is 65.2 Å². The topological polar surface area (TPSA) is 57.6 Å². The minimum absolute atomic E-state index is 0.0277. The Morgan fingerprint density at radius 2 is 1.62 bits per heavy atom. The third kappa shape index (κ3) is 4.25. The van der Waals surface area contributed by atoms with Crippen LogP contribution in [0.25, 0.3) is 5.69 Å². The zero-order valence-corrected chi connectivity index (χ0v) is 15.2. The van der Waals surface area contributed by atoms with Crippen molar-refractivity contribution in [2.24, 2.45) is 0 Å². The van der Waals surface area contributed by atoms with E-state index >= 15 is 0 Å². The Hall–Kier alpha value is -2.76. The predicted molar refractivity (Wildman–Crippen MR) is 102 cm³/mol. The highest BCUT2D eigenvalue weighted by atomic mass is 16.2. The second-order valence-electron chi connectivity index (χ2n) is 6.50. The van der Waals surface area contributed by atoms with Crippen molar-refractivity contribution in [3.63, 3.8) is 0 Å². The highest BCUT2D eigenvalue weighted by Crippen LogP contribution is 2.13. The van der Waals surface area contributed by atoms with Gasteiger partial charge in [0.2, 0.25) is 0 Å². The molecule has 1 aliphatic heterocycles. The molecule has 0 atom stereocenters. The number of hydrogen-bond donors (Lipinski definition) is 1. The van der Waals surface area contributed by atoms with E-state index in [0.29, 0.717) is 38.3 Å². The molecule has 1 saturated heterocycles. The first-order valence-corrected chi connectivity index (χ1v) is 9.24. The molecule has 1 fully saturated rings. The van der Waals surface area contributed by atoms with E-state index in [1.54, 1.807) is 4.90 Å². The Morgan fingerprint density at radius 1 is 0.962 bits per heavy atom. The van der Waals surface area contributed by atoms with Gasteiger partial charge >= 0.3 is 6.03 Å². The number of aromatic nitrogens is 1. The Kier molecular flexibility index (Phi) is 5.94. The summed E-state index contributed by atoms with van der Waals surface area (Å²) in [5.74, 6) is 0.0277. The molecule has 2 heterocycles.